The van der Waals surface area contributed by atoms with E-state index in [9.17, 15) is 13.6 Å². The van der Waals surface area contributed by atoms with Crippen molar-refractivity contribution in [2.75, 3.05) is 0 Å². The Labute approximate surface area is 108 Å². The predicted molar refractivity (Wildman–Crippen MR) is 65.1 cm³/mol. The molecule has 0 saturated carbocycles. The molecule has 0 N–H and O–H groups in total. The molecule has 5 heteroatoms. The molecule has 0 amide bonds. The van der Waals surface area contributed by atoms with Gasteiger partial charge in [0.15, 0.2) is 5.78 Å². The van der Waals surface area contributed by atoms with E-state index in [1.165, 1.54) is 42.9 Å². The number of hydrogen-bond donors (Lipinski definition) is 0. The first-order chi connectivity index (χ1) is 9.15. The van der Waals surface area contributed by atoms with Gasteiger partial charge >= 0.3 is 6.61 Å². The van der Waals surface area contributed by atoms with Crippen molar-refractivity contribution in [3.63, 3.8) is 0 Å². The Morgan fingerprint density at radius 1 is 1.32 bits per heavy atom. The molecule has 0 radical (unpaired) electrons. The monoisotopic (exact) mass is 264 g/mol. The molecule has 0 aliphatic heterocycles. The van der Waals surface area contributed by atoms with Gasteiger partial charge in [-0.15, -0.1) is 0 Å². The standard InChI is InChI=1S/C14H10F2O3/c15-14(16)19-12-3-1-2-11(8-12)13(17)5-4-10-6-7-18-9-10/h1-9,14H. The van der Waals surface area contributed by atoms with E-state index in [-0.39, 0.29) is 17.1 Å². The lowest BCUT2D eigenvalue weighted by Crippen LogP contribution is -2.03. The van der Waals surface area contributed by atoms with E-state index in [0.29, 0.717) is 0 Å². The first-order valence-corrected chi connectivity index (χ1v) is 5.44. The van der Waals surface area contributed by atoms with Crippen molar-refractivity contribution >= 4 is 11.9 Å². The van der Waals surface area contributed by atoms with E-state index in [0.717, 1.165) is 5.56 Å². The average Bonchev–Trinajstić information content (AvgIpc) is 2.88. The van der Waals surface area contributed by atoms with Gasteiger partial charge in [0.25, 0.3) is 0 Å². The van der Waals surface area contributed by atoms with E-state index in [1.54, 1.807) is 12.1 Å². The minimum atomic E-state index is -2.91. The van der Waals surface area contributed by atoms with Gasteiger partial charge in [0.1, 0.15) is 5.75 Å². The third-order valence-corrected chi connectivity index (χ3v) is 2.31. The second kappa shape index (κ2) is 5.95. The Balaban J connectivity index is 2.10. The average molecular weight is 264 g/mol. The van der Waals surface area contributed by atoms with Gasteiger partial charge in [-0.3, -0.25) is 4.79 Å². The van der Waals surface area contributed by atoms with Crippen LogP contribution >= 0.6 is 0 Å². The Hall–Kier alpha value is -2.43. The molecule has 19 heavy (non-hydrogen) atoms. The molecular formula is C14H10F2O3. The van der Waals surface area contributed by atoms with Crippen LogP contribution in [0.4, 0.5) is 8.78 Å². The van der Waals surface area contributed by atoms with Crippen molar-refractivity contribution in [3.8, 4) is 5.75 Å². The fraction of sp³-hybridized carbons (Fsp3) is 0.0714. The number of benzene rings is 1. The number of furan rings is 1. The van der Waals surface area contributed by atoms with Crippen molar-refractivity contribution in [3.05, 3.63) is 60.1 Å². The lowest BCUT2D eigenvalue weighted by molar-refractivity contribution is -0.0498. The normalized spacial score (nSPS) is 11.1. The maximum atomic E-state index is 12.1. The summed E-state index contributed by atoms with van der Waals surface area (Å²) < 4.78 is 33.2. The van der Waals surface area contributed by atoms with Crippen molar-refractivity contribution in [2.45, 2.75) is 6.61 Å². The van der Waals surface area contributed by atoms with Crippen LogP contribution in [0.25, 0.3) is 6.08 Å². The van der Waals surface area contributed by atoms with Crippen LogP contribution in [0.5, 0.6) is 5.75 Å². The number of hydrogen-bond acceptors (Lipinski definition) is 3. The quantitative estimate of drug-likeness (QED) is 0.609. The molecule has 2 rings (SSSR count). The number of halogens is 2. The van der Waals surface area contributed by atoms with Gasteiger partial charge in [-0.05, 0) is 30.4 Å². The summed E-state index contributed by atoms with van der Waals surface area (Å²) in [4.78, 5) is 11.8. The fourth-order valence-electron chi connectivity index (χ4n) is 1.46. The lowest BCUT2D eigenvalue weighted by atomic mass is 10.1. The van der Waals surface area contributed by atoms with E-state index in [2.05, 4.69) is 4.74 Å². The summed E-state index contributed by atoms with van der Waals surface area (Å²) in [6, 6.07) is 7.34. The summed E-state index contributed by atoms with van der Waals surface area (Å²) in [6.45, 7) is -2.91. The number of carbonyl (C=O) groups excluding carboxylic acids is 1. The van der Waals surface area contributed by atoms with Crippen LogP contribution in [0.15, 0.2) is 53.4 Å². The molecule has 2 aromatic rings. The van der Waals surface area contributed by atoms with Crippen LogP contribution < -0.4 is 4.74 Å². The molecule has 0 saturated heterocycles. The van der Waals surface area contributed by atoms with E-state index < -0.39 is 6.61 Å². The zero-order chi connectivity index (χ0) is 13.7. The smallest absolute Gasteiger partial charge is 0.387 e. The number of ether oxygens (including phenoxy) is 1. The summed E-state index contributed by atoms with van der Waals surface area (Å²) in [5, 5.41) is 0. The summed E-state index contributed by atoms with van der Waals surface area (Å²) in [5.74, 6) is -0.349. The largest absolute Gasteiger partial charge is 0.472 e. The molecule has 98 valence electrons. The first-order valence-electron chi connectivity index (χ1n) is 5.44. The minimum Gasteiger partial charge on any atom is -0.472 e. The molecule has 0 bridgehead atoms. The molecule has 0 unspecified atom stereocenters. The SMILES string of the molecule is O=C(C=Cc1ccoc1)c1cccc(OC(F)F)c1. The molecule has 1 aromatic heterocycles. The Morgan fingerprint density at radius 3 is 2.84 bits per heavy atom. The second-order valence-corrected chi connectivity index (χ2v) is 3.66. The van der Waals surface area contributed by atoms with Crippen LogP contribution in [-0.2, 0) is 0 Å². The maximum Gasteiger partial charge on any atom is 0.387 e. The topological polar surface area (TPSA) is 39.4 Å². The second-order valence-electron chi connectivity index (χ2n) is 3.66. The highest BCUT2D eigenvalue weighted by molar-refractivity contribution is 6.07. The van der Waals surface area contributed by atoms with Gasteiger partial charge in [-0.25, -0.2) is 0 Å². The molecule has 1 heterocycles. The van der Waals surface area contributed by atoms with Crippen molar-refractivity contribution in [2.24, 2.45) is 0 Å². The molecule has 0 fully saturated rings. The predicted octanol–water partition coefficient (Wildman–Crippen LogP) is 3.78. The van der Waals surface area contributed by atoms with Crippen LogP contribution in [-0.4, -0.2) is 12.4 Å². The molecule has 0 aliphatic rings. The minimum absolute atomic E-state index is 0.0439. The molecule has 1 aromatic carbocycles. The summed E-state index contributed by atoms with van der Waals surface area (Å²) in [5.41, 5.74) is 1.02. The number of allylic oxidation sites excluding steroid dienone is 1. The fourth-order valence-corrected chi connectivity index (χ4v) is 1.46. The van der Waals surface area contributed by atoms with E-state index in [1.807, 2.05) is 0 Å². The molecular weight excluding hydrogens is 254 g/mol. The van der Waals surface area contributed by atoms with Crippen LogP contribution in [0, 0.1) is 0 Å². The summed E-state index contributed by atoms with van der Waals surface area (Å²) >= 11 is 0. The van der Waals surface area contributed by atoms with Crippen molar-refractivity contribution < 1.29 is 22.7 Å². The number of ketones is 1. The zero-order valence-electron chi connectivity index (χ0n) is 9.75. The molecule has 3 nitrogen and oxygen atoms in total. The molecule has 0 aliphatic carbocycles. The van der Waals surface area contributed by atoms with Gasteiger partial charge in [0.05, 0.1) is 12.5 Å². The lowest BCUT2D eigenvalue weighted by Gasteiger charge is -2.04. The summed E-state index contributed by atoms with van der Waals surface area (Å²) in [6.07, 6.45) is 5.89. The van der Waals surface area contributed by atoms with Crippen LogP contribution in [0.2, 0.25) is 0 Å². The highest BCUT2D eigenvalue weighted by Crippen LogP contribution is 2.17. The van der Waals surface area contributed by atoms with Gasteiger partial charge in [-0.1, -0.05) is 12.1 Å². The van der Waals surface area contributed by atoms with E-state index in [4.69, 9.17) is 4.42 Å². The maximum absolute atomic E-state index is 12.1. The molecule has 0 atom stereocenters. The van der Waals surface area contributed by atoms with Crippen molar-refractivity contribution in [1.29, 1.82) is 0 Å². The Kier molecular flexibility index (Phi) is 4.07. The van der Waals surface area contributed by atoms with Gasteiger partial charge in [0, 0.05) is 11.1 Å². The summed E-state index contributed by atoms with van der Waals surface area (Å²) in [7, 11) is 0. The van der Waals surface area contributed by atoms with Crippen molar-refractivity contribution in [1.82, 2.24) is 0 Å². The molecule has 0 spiro atoms. The number of alkyl halides is 2. The number of rotatable bonds is 5. The van der Waals surface area contributed by atoms with E-state index >= 15 is 0 Å². The highest BCUT2D eigenvalue weighted by Gasteiger charge is 2.07. The zero-order valence-corrected chi connectivity index (χ0v) is 9.75. The third kappa shape index (κ3) is 3.77. The Morgan fingerprint density at radius 2 is 2.16 bits per heavy atom. The van der Waals surface area contributed by atoms with Gasteiger partial charge < -0.3 is 9.15 Å². The number of carbonyl (C=O) groups is 1. The first kappa shape index (κ1) is 13.0. The van der Waals surface area contributed by atoms with Crippen LogP contribution in [0.1, 0.15) is 15.9 Å². The highest BCUT2D eigenvalue weighted by atomic mass is 19.3. The van der Waals surface area contributed by atoms with Gasteiger partial charge in [0.2, 0.25) is 0 Å². The Bertz CT molecular complexity index is 574. The third-order valence-electron chi connectivity index (χ3n) is 2.31. The van der Waals surface area contributed by atoms with Crippen LogP contribution in [0.3, 0.4) is 0 Å². The van der Waals surface area contributed by atoms with Gasteiger partial charge in [-0.2, -0.15) is 8.78 Å².